The van der Waals surface area contributed by atoms with E-state index in [0.717, 1.165) is 12.8 Å². The van der Waals surface area contributed by atoms with Crippen LogP contribution in [0.2, 0.25) is 5.02 Å². The summed E-state index contributed by atoms with van der Waals surface area (Å²) in [7, 11) is 1.70. The lowest BCUT2D eigenvalue weighted by Crippen LogP contribution is -2.55. The average Bonchev–Trinajstić information content (AvgIpc) is 2.67. The molecule has 1 atom stereocenters. The largest absolute Gasteiger partial charge is 0.713 e. The Labute approximate surface area is 158 Å². The maximum atomic E-state index is 13.0. The number of hydrogen-bond donors (Lipinski definition) is 0. The summed E-state index contributed by atoms with van der Waals surface area (Å²) in [5.74, 6) is 0.00339. The minimum Gasteiger partial charge on any atom is -0.459 e. The van der Waals surface area contributed by atoms with Gasteiger partial charge in [-0.25, -0.2) is 4.79 Å². The molecular weight excluding hydrogens is 350 g/mol. The number of hydrogen-bond acceptors (Lipinski definition) is 3. The fourth-order valence-electron chi connectivity index (χ4n) is 3.53. The zero-order valence-corrected chi connectivity index (χ0v) is 15.5. The number of Topliss-reactive ketones (excluding diaryl/α,β-unsaturated/α-hetero) is 1. The van der Waals surface area contributed by atoms with Crippen LogP contribution < -0.4 is 4.48 Å². The highest BCUT2D eigenvalue weighted by molar-refractivity contribution is 6.31. The van der Waals surface area contributed by atoms with Crippen LogP contribution in [0.4, 0.5) is 4.79 Å². The summed E-state index contributed by atoms with van der Waals surface area (Å²) in [6.45, 7) is 0. The van der Waals surface area contributed by atoms with Crippen molar-refractivity contribution in [3.63, 3.8) is 0 Å². The van der Waals surface area contributed by atoms with Gasteiger partial charge in [0.25, 0.3) is 0 Å². The van der Waals surface area contributed by atoms with Crippen molar-refractivity contribution in [2.45, 2.75) is 31.2 Å². The number of rotatable bonds is 4. The van der Waals surface area contributed by atoms with Crippen LogP contribution in [0.3, 0.4) is 0 Å². The van der Waals surface area contributed by atoms with Gasteiger partial charge in [-0.05, 0) is 37.5 Å². The predicted molar refractivity (Wildman–Crippen MR) is 100 cm³/mol. The lowest BCUT2D eigenvalue weighted by molar-refractivity contribution is -0.539. The molecule has 0 radical (unpaired) electrons. The smallest absolute Gasteiger partial charge is 0.459 e. The first-order valence-corrected chi connectivity index (χ1v) is 9.06. The normalized spacial score (nSPS) is 19.7. The maximum Gasteiger partial charge on any atom is 0.713 e. The van der Waals surface area contributed by atoms with Gasteiger partial charge in [-0.1, -0.05) is 35.9 Å². The zero-order valence-electron chi connectivity index (χ0n) is 14.7. The van der Waals surface area contributed by atoms with E-state index in [0.29, 0.717) is 23.4 Å². The van der Waals surface area contributed by atoms with E-state index in [2.05, 4.69) is 0 Å². The van der Waals surface area contributed by atoms with Gasteiger partial charge < -0.3 is 4.65 Å². The van der Waals surface area contributed by atoms with E-state index in [9.17, 15) is 9.59 Å². The van der Waals surface area contributed by atoms with Crippen LogP contribution >= 0.6 is 11.6 Å². The van der Waals surface area contributed by atoms with Crippen LogP contribution in [0.25, 0.3) is 0 Å². The van der Waals surface area contributed by atoms with Gasteiger partial charge in [0.15, 0.2) is 5.78 Å². The van der Waals surface area contributed by atoms with Crippen LogP contribution in [-0.2, 0) is 15.0 Å². The lowest BCUT2D eigenvalue weighted by atomic mass is 9.74. The highest BCUT2D eigenvalue weighted by atomic mass is 35.5. The Morgan fingerprint density at radius 1 is 1.19 bits per heavy atom. The molecule has 134 valence electrons. The number of likely N-dealkylation sites (N-methyl/N-ethyl adjacent to an activating group) is 1. The van der Waals surface area contributed by atoms with E-state index in [1.165, 1.54) is 4.90 Å². The highest BCUT2D eigenvalue weighted by Gasteiger charge is 2.48. The molecule has 1 saturated carbocycles. The molecule has 7 heteroatoms. The Balaban J connectivity index is 1.88. The average molecular weight is 372 g/mol. The molecule has 1 aromatic carbocycles. The molecule has 1 unspecified atom stereocenters. The fourth-order valence-corrected chi connectivity index (χ4v) is 3.82. The quantitative estimate of drug-likeness (QED) is 0.777. The van der Waals surface area contributed by atoms with Crippen LogP contribution in [0.15, 0.2) is 54.9 Å². The van der Waals surface area contributed by atoms with Crippen LogP contribution in [-0.4, -0.2) is 31.4 Å². The summed E-state index contributed by atoms with van der Waals surface area (Å²) in [5, 5.41) is 0.486. The summed E-state index contributed by atoms with van der Waals surface area (Å²) in [6, 6.07) is 12.8. The number of aromatic nitrogens is 1. The highest BCUT2D eigenvalue weighted by Crippen LogP contribution is 2.42. The molecule has 1 aromatic heterocycles. The van der Waals surface area contributed by atoms with Gasteiger partial charge in [0.1, 0.15) is 17.9 Å². The van der Waals surface area contributed by atoms with E-state index < -0.39 is 11.6 Å². The third-order valence-corrected chi connectivity index (χ3v) is 5.26. The topological polar surface area (TPSA) is 50.5 Å². The monoisotopic (exact) mass is 371 g/mol. The molecule has 1 amide bonds. The Kier molecular flexibility index (Phi) is 5.62. The van der Waals surface area contributed by atoms with Crippen LogP contribution in [0.5, 0.6) is 0 Å². The van der Waals surface area contributed by atoms with Gasteiger partial charge in [0, 0.05) is 24.1 Å². The lowest BCUT2D eigenvalue weighted by Gasteiger charge is -2.43. The number of benzene rings is 1. The standard InChI is InChI=1S/C19H21BClN2O3/c1-22(18(25)26-20-23-13-7-2-8-14-23)19(12-6-5-11-17(19)24)15-9-3-4-10-16(15)21/h2-4,7-10,13-14,20H,5-6,11-12H2,1H3/q+1. The SMILES string of the molecule is CN(C(=O)OB[n+]1ccccc1)C1(c2ccccc2Cl)CCCCC1=O. The first-order chi connectivity index (χ1) is 12.6. The number of halogens is 1. The summed E-state index contributed by atoms with van der Waals surface area (Å²) in [6.07, 6.45) is 5.72. The molecule has 5 nitrogen and oxygen atoms in total. The van der Waals surface area contributed by atoms with Crippen molar-refractivity contribution in [1.82, 2.24) is 4.90 Å². The van der Waals surface area contributed by atoms with E-state index >= 15 is 0 Å². The Bertz CT molecular complexity index is 802. The summed E-state index contributed by atoms with van der Waals surface area (Å²) >= 11 is 6.40. The zero-order chi connectivity index (χ0) is 18.6. The van der Waals surface area contributed by atoms with Crippen LogP contribution in [0.1, 0.15) is 31.2 Å². The first kappa shape index (κ1) is 18.5. The van der Waals surface area contributed by atoms with E-state index in [1.54, 1.807) is 17.6 Å². The number of carbonyl (C=O) groups excluding carboxylic acids is 2. The Morgan fingerprint density at radius 2 is 1.92 bits per heavy atom. The van der Waals surface area contributed by atoms with Crippen molar-refractivity contribution in [3.8, 4) is 0 Å². The van der Waals surface area contributed by atoms with E-state index in [4.69, 9.17) is 16.3 Å². The predicted octanol–water partition coefficient (Wildman–Crippen LogP) is 2.85. The summed E-state index contributed by atoms with van der Waals surface area (Å²) in [4.78, 5) is 27.1. The summed E-state index contributed by atoms with van der Waals surface area (Å²) in [5.41, 5.74) is -0.409. The van der Waals surface area contributed by atoms with Gasteiger partial charge in [-0.2, -0.15) is 0 Å². The number of carbonyl (C=O) groups is 2. The van der Waals surface area contributed by atoms with Gasteiger partial charge in [-0.15, -0.1) is 0 Å². The molecule has 2 aromatic rings. The third-order valence-electron chi connectivity index (χ3n) is 4.93. The molecular formula is C19H21BClN2O3+. The molecule has 0 spiro atoms. The molecule has 1 heterocycles. The summed E-state index contributed by atoms with van der Waals surface area (Å²) < 4.78 is 7.18. The van der Waals surface area contributed by atoms with Gasteiger partial charge >= 0.3 is 13.7 Å². The molecule has 0 aliphatic heterocycles. The van der Waals surface area contributed by atoms with Crippen molar-refractivity contribution in [2.24, 2.45) is 0 Å². The first-order valence-electron chi connectivity index (χ1n) is 8.68. The Hall–Kier alpha value is -2.34. The van der Waals surface area contributed by atoms with Gasteiger partial charge in [0.2, 0.25) is 0 Å². The minimum absolute atomic E-state index is 0.00339. The van der Waals surface area contributed by atoms with Gasteiger partial charge in [0.05, 0.1) is 0 Å². The molecule has 0 N–H and O–H groups in total. The van der Waals surface area contributed by atoms with Crippen molar-refractivity contribution in [3.05, 3.63) is 65.4 Å². The second-order valence-corrected chi connectivity index (χ2v) is 6.87. The fraction of sp³-hybridized carbons (Fsp3) is 0.316. The number of pyridine rings is 1. The second kappa shape index (κ2) is 7.91. The van der Waals surface area contributed by atoms with Crippen molar-refractivity contribution in [1.29, 1.82) is 0 Å². The van der Waals surface area contributed by atoms with E-state index in [-0.39, 0.29) is 13.4 Å². The van der Waals surface area contributed by atoms with E-state index in [1.807, 2.05) is 48.8 Å². The van der Waals surface area contributed by atoms with Crippen molar-refractivity contribution >= 4 is 31.1 Å². The molecule has 0 saturated heterocycles. The molecule has 26 heavy (non-hydrogen) atoms. The van der Waals surface area contributed by atoms with Crippen molar-refractivity contribution < 1.29 is 18.7 Å². The minimum atomic E-state index is -1.07. The number of nitrogens with zero attached hydrogens (tertiary/aromatic N) is 2. The maximum absolute atomic E-state index is 13.0. The second-order valence-electron chi connectivity index (χ2n) is 6.46. The molecule has 0 bridgehead atoms. The number of ketones is 1. The number of amides is 1. The molecule has 1 aliphatic rings. The van der Waals surface area contributed by atoms with Crippen molar-refractivity contribution in [2.75, 3.05) is 7.05 Å². The van der Waals surface area contributed by atoms with Crippen LogP contribution in [0, 0.1) is 0 Å². The molecule has 1 fully saturated rings. The third kappa shape index (κ3) is 3.47. The van der Waals surface area contributed by atoms with Gasteiger partial charge in [-0.3, -0.25) is 14.2 Å². The molecule has 3 rings (SSSR count). The molecule has 1 aliphatic carbocycles. The Morgan fingerprint density at radius 3 is 2.62 bits per heavy atom.